The van der Waals surface area contributed by atoms with Crippen molar-refractivity contribution >= 4 is 0 Å². The number of benzene rings is 1. The van der Waals surface area contributed by atoms with E-state index >= 15 is 0 Å². The lowest BCUT2D eigenvalue weighted by Gasteiger charge is -2.16. The second-order valence-corrected chi connectivity index (χ2v) is 4.84. The summed E-state index contributed by atoms with van der Waals surface area (Å²) in [5.41, 5.74) is 5.16. The van der Waals surface area contributed by atoms with Crippen LogP contribution in [0.5, 0.6) is 0 Å². The fraction of sp³-hybridized carbons (Fsp3) is 0.400. The van der Waals surface area contributed by atoms with Crippen LogP contribution in [0.3, 0.4) is 0 Å². The molecule has 0 aliphatic carbocycles. The molecule has 3 nitrogen and oxygen atoms in total. The molecule has 0 bridgehead atoms. The van der Waals surface area contributed by atoms with Crippen LogP contribution in [0.1, 0.15) is 28.4 Å². The average molecular weight is 243 g/mol. The zero-order valence-corrected chi connectivity index (χ0v) is 11.6. The monoisotopic (exact) mass is 243 g/mol. The summed E-state index contributed by atoms with van der Waals surface area (Å²) in [6.45, 7) is 4.23. The van der Waals surface area contributed by atoms with Gasteiger partial charge in [0.05, 0.1) is 6.20 Å². The van der Waals surface area contributed by atoms with Gasteiger partial charge < -0.3 is 5.32 Å². The molecule has 1 aromatic carbocycles. The molecule has 0 fully saturated rings. The lowest BCUT2D eigenvalue weighted by Crippen LogP contribution is -2.19. The van der Waals surface area contributed by atoms with Gasteiger partial charge in [0.2, 0.25) is 0 Å². The molecule has 18 heavy (non-hydrogen) atoms. The van der Waals surface area contributed by atoms with Crippen molar-refractivity contribution in [2.45, 2.75) is 26.3 Å². The topological polar surface area (TPSA) is 29.9 Å². The summed E-state index contributed by atoms with van der Waals surface area (Å²) < 4.78 is 1.93. The molecule has 0 radical (unpaired) electrons. The van der Waals surface area contributed by atoms with E-state index in [1.165, 1.54) is 22.4 Å². The quantitative estimate of drug-likeness (QED) is 0.894. The van der Waals surface area contributed by atoms with Crippen LogP contribution >= 0.6 is 0 Å². The number of aromatic nitrogens is 2. The van der Waals surface area contributed by atoms with Crippen molar-refractivity contribution < 1.29 is 0 Å². The Morgan fingerprint density at radius 1 is 1.22 bits per heavy atom. The molecule has 0 aliphatic rings. The number of nitrogens with one attached hydrogen (secondary N) is 1. The highest BCUT2D eigenvalue weighted by molar-refractivity contribution is 5.26. The first-order valence-corrected chi connectivity index (χ1v) is 6.33. The fourth-order valence-electron chi connectivity index (χ4n) is 2.19. The molecule has 1 N–H and O–H groups in total. The molecule has 3 heteroatoms. The number of hydrogen-bond acceptors (Lipinski definition) is 2. The minimum Gasteiger partial charge on any atom is -0.313 e. The summed E-state index contributed by atoms with van der Waals surface area (Å²) >= 11 is 0. The van der Waals surface area contributed by atoms with Gasteiger partial charge in [-0.3, -0.25) is 4.68 Å². The minimum atomic E-state index is 0.321. The predicted molar refractivity (Wildman–Crippen MR) is 74.6 cm³/mol. The van der Waals surface area contributed by atoms with Gasteiger partial charge in [-0.05, 0) is 32.9 Å². The largest absolute Gasteiger partial charge is 0.313 e. The first kappa shape index (κ1) is 12.8. The van der Waals surface area contributed by atoms with Crippen LogP contribution in [-0.2, 0) is 13.5 Å². The standard InChI is InChI=1S/C15H21N3/c1-11-5-7-13(8-6-11)9-15(16-3)14-10-17-18(4)12(14)2/h5-8,10,15-16H,9H2,1-4H3. The number of aryl methyl sites for hydroxylation is 2. The van der Waals surface area contributed by atoms with E-state index in [0.717, 1.165) is 6.42 Å². The van der Waals surface area contributed by atoms with E-state index in [0.29, 0.717) is 6.04 Å². The van der Waals surface area contributed by atoms with Crippen LogP contribution in [0.2, 0.25) is 0 Å². The SMILES string of the molecule is CNC(Cc1ccc(C)cc1)c1cnn(C)c1C. The second kappa shape index (κ2) is 5.36. The molecular weight excluding hydrogens is 222 g/mol. The zero-order chi connectivity index (χ0) is 13.1. The molecule has 2 rings (SSSR count). The van der Waals surface area contributed by atoms with Gasteiger partial charge in [-0.1, -0.05) is 29.8 Å². The molecule has 1 unspecified atom stereocenters. The maximum Gasteiger partial charge on any atom is 0.0540 e. The maximum atomic E-state index is 4.32. The van der Waals surface area contributed by atoms with Crippen molar-refractivity contribution in [3.63, 3.8) is 0 Å². The van der Waals surface area contributed by atoms with E-state index in [9.17, 15) is 0 Å². The Hall–Kier alpha value is -1.61. The van der Waals surface area contributed by atoms with E-state index in [1.807, 2.05) is 25.0 Å². The molecule has 0 amide bonds. The molecule has 0 aliphatic heterocycles. The van der Waals surface area contributed by atoms with E-state index in [1.54, 1.807) is 0 Å². The van der Waals surface area contributed by atoms with E-state index in [4.69, 9.17) is 0 Å². The van der Waals surface area contributed by atoms with E-state index in [-0.39, 0.29) is 0 Å². The van der Waals surface area contributed by atoms with Crippen LogP contribution in [-0.4, -0.2) is 16.8 Å². The highest BCUT2D eigenvalue weighted by atomic mass is 15.3. The Morgan fingerprint density at radius 2 is 1.89 bits per heavy atom. The van der Waals surface area contributed by atoms with Crippen LogP contribution in [0.4, 0.5) is 0 Å². The van der Waals surface area contributed by atoms with Gasteiger partial charge in [0, 0.05) is 24.3 Å². The molecule has 0 saturated heterocycles. The third-order valence-corrected chi connectivity index (χ3v) is 3.56. The number of rotatable bonds is 4. The highest BCUT2D eigenvalue weighted by Crippen LogP contribution is 2.21. The molecule has 1 heterocycles. The Morgan fingerprint density at radius 3 is 2.39 bits per heavy atom. The van der Waals surface area contributed by atoms with Gasteiger partial charge >= 0.3 is 0 Å². The summed E-state index contributed by atoms with van der Waals surface area (Å²) in [4.78, 5) is 0. The lowest BCUT2D eigenvalue weighted by atomic mass is 9.99. The van der Waals surface area contributed by atoms with Crippen molar-refractivity contribution in [1.82, 2.24) is 15.1 Å². The van der Waals surface area contributed by atoms with Gasteiger partial charge in [-0.15, -0.1) is 0 Å². The maximum absolute atomic E-state index is 4.32. The average Bonchev–Trinajstić information content (AvgIpc) is 2.70. The third-order valence-electron chi connectivity index (χ3n) is 3.56. The fourth-order valence-corrected chi connectivity index (χ4v) is 2.19. The summed E-state index contributed by atoms with van der Waals surface area (Å²) in [6.07, 6.45) is 2.95. The van der Waals surface area contributed by atoms with Crippen LogP contribution in [0, 0.1) is 13.8 Å². The molecule has 1 aromatic heterocycles. The molecule has 1 atom stereocenters. The van der Waals surface area contributed by atoms with Gasteiger partial charge in [0.1, 0.15) is 0 Å². The van der Waals surface area contributed by atoms with Crippen molar-refractivity contribution in [3.05, 3.63) is 52.8 Å². The first-order valence-electron chi connectivity index (χ1n) is 6.33. The Labute approximate surface area is 109 Å². The molecule has 96 valence electrons. The minimum absolute atomic E-state index is 0.321. The van der Waals surface area contributed by atoms with Gasteiger partial charge in [0.15, 0.2) is 0 Å². The second-order valence-electron chi connectivity index (χ2n) is 4.84. The van der Waals surface area contributed by atoms with Gasteiger partial charge in [-0.2, -0.15) is 5.10 Å². The third kappa shape index (κ3) is 2.62. The Kier molecular flexibility index (Phi) is 3.82. The van der Waals surface area contributed by atoms with Crippen LogP contribution in [0.25, 0.3) is 0 Å². The summed E-state index contributed by atoms with van der Waals surface area (Å²) in [6, 6.07) is 9.05. The van der Waals surface area contributed by atoms with E-state index in [2.05, 4.69) is 48.5 Å². The lowest BCUT2D eigenvalue weighted by molar-refractivity contribution is 0.586. The van der Waals surface area contributed by atoms with E-state index < -0.39 is 0 Å². The molecule has 0 saturated carbocycles. The molecule has 0 spiro atoms. The van der Waals surface area contributed by atoms with Crippen LogP contribution in [0.15, 0.2) is 30.5 Å². The number of hydrogen-bond donors (Lipinski definition) is 1. The van der Waals surface area contributed by atoms with Crippen molar-refractivity contribution in [1.29, 1.82) is 0 Å². The Bertz CT molecular complexity index is 511. The van der Waals surface area contributed by atoms with Gasteiger partial charge in [0.25, 0.3) is 0 Å². The summed E-state index contributed by atoms with van der Waals surface area (Å²) in [5.74, 6) is 0. The number of nitrogens with zero attached hydrogens (tertiary/aromatic N) is 2. The predicted octanol–water partition coefficient (Wildman–Crippen LogP) is 2.54. The normalized spacial score (nSPS) is 12.7. The smallest absolute Gasteiger partial charge is 0.0540 e. The molecule has 2 aromatic rings. The van der Waals surface area contributed by atoms with Gasteiger partial charge in [-0.25, -0.2) is 0 Å². The highest BCUT2D eigenvalue weighted by Gasteiger charge is 2.15. The Balaban J connectivity index is 2.19. The molecular formula is C15H21N3. The first-order chi connectivity index (χ1) is 8.61. The summed E-state index contributed by atoms with van der Waals surface area (Å²) in [5, 5.41) is 7.70. The van der Waals surface area contributed by atoms with Crippen molar-refractivity contribution in [3.8, 4) is 0 Å². The zero-order valence-electron chi connectivity index (χ0n) is 11.6. The van der Waals surface area contributed by atoms with Crippen LogP contribution < -0.4 is 5.32 Å². The van der Waals surface area contributed by atoms with Crippen molar-refractivity contribution in [2.24, 2.45) is 7.05 Å². The number of likely N-dealkylation sites (N-methyl/N-ethyl adjacent to an activating group) is 1. The summed E-state index contributed by atoms with van der Waals surface area (Å²) in [7, 11) is 3.99. The van der Waals surface area contributed by atoms with Crippen molar-refractivity contribution in [2.75, 3.05) is 7.05 Å².